The van der Waals surface area contributed by atoms with Gasteiger partial charge in [0.15, 0.2) is 11.6 Å². The zero-order valence-corrected chi connectivity index (χ0v) is 19.8. The number of pyridine rings is 1. The van der Waals surface area contributed by atoms with Crippen LogP contribution in [0.5, 0.6) is 6.01 Å². The Hall–Kier alpha value is -3.53. The minimum absolute atomic E-state index is 0.0108. The Morgan fingerprint density at radius 3 is 2.83 bits per heavy atom. The summed E-state index contributed by atoms with van der Waals surface area (Å²) in [6, 6.07) is 1.80. The van der Waals surface area contributed by atoms with E-state index in [4.69, 9.17) is 15.2 Å². The monoisotopic (exact) mass is 512 g/mol. The minimum atomic E-state index is -0.923. The molecular formula is C24H19F3N6O2S. The molecule has 0 bridgehead atoms. The third-order valence-electron chi connectivity index (χ3n) is 6.76. The number of likely N-dealkylation sites (N-methyl/N-ethyl adjacent to an activating group) is 1. The Kier molecular flexibility index (Phi) is 5.44. The van der Waals surface area contributed by atoms with Crippen molar-refractivity contribution in [1.29, 1.82) is 5.26 Å². The number of thiophene rings is 1. The van der Waals surface area contributed by atoms with Crippen LogP contribution in [0.4, 0.5) is 18.2 Å². The molecule has 184 valence electrons. The fourth-order valence-corrected chi connectivity index (χ4v) is 5.90. The van der Waals surface area contributed by atoms with Crippen molar-refractivity contribution in [3.05, 3.63) is 40.7 Å². The van der Waals surface area contributed by atoms with Gasteiger partial charge in [-0.1, -0.05) is 0 Å². The van der Waals surface area contributed by atoms with E-state index in [0.717, 1.165) is 17.5 Å². The molecule has 2 N–H and O–H groups in total. The molecule has 2 atom stereocenters. The second kappa shape index (κ2) is 8.55. The van der Waals surface area contributed by atoms with Gasteiger partial charge in [0.05, 0.1) is 35.4 Å². The van der Waals surface area contributed by atoms with Crippen molar-refractivity contribution in [3.63, 3.8) is 0 Å². The van der Waals surface area contributed by atoms with Crippen LogP contribution in [-0.2, 0) is 18.0 Å². The predicted molar refractivity (Wildman–Crippen MR) is 127 cm³/mol. The number of rotatable bonds is 4. The van der Waals surface area contributed by atoms with Crippen molar-refractivity contribution >= 4 is 37.3 Å². The quantitative estimate of drug-likeness (QED) is 0.436. The van der Waals surface area contributed by atoms with Gasteiger partial charge < -0.3 is 15.2 Å². The van der Waals surface area contributed by atoms with Crippen molar-refractivity contribution in [3.8, 4) is 23.3 Å². The summed E-state index contributed by atoms with van der Waals surface area (Å²) in [5.74, 6) is -1.36. The van der Waals surface area contributed by atoms with E-state index in [9.17, 15) is 14.0 Å². The van der Waals surface area contributed by atoms with E-state index in [1.165, 1.54) is 6.20 Å². The lowest BCUT2D eigenvalue weighted by Gasteiger charge is -2.18. The maximum absolute atomic E-state index is 16.2. The van der Waals surface area contributed by atoms with Crippen LogP contribution in [0, 0.1) is 23.0 Å². The molecule has 0 radical (unpaired) electrons. The van der Waals surface area contributed by atoms with Gasteiger partial charge in [0.1, 0.15) is 29.4 Å². The molecule has 0 spiro atoms. The summed E-state index contributed by atoms with van der Waals surface area (Å²) in [6.07, 6.45) is 1.88. The Morgan fingerprint density at radius 1 is 1.28 bits per heavy atom. The second-order valence-electron chi connectivity index (χ2n) is 8.90. The molecular weight excluding hydrogens is 493 g/mol. The average Bonchev–Trinajstić information content (AvgIpc) is 3.56. The van der Waals surface area contributed by atoms with Crippen molar-refractivity contribution in [1.82, 2.24) is 19.9 Å². The highest BCUT2D eigenvalue weighted by molar-refractivity contribution is 7.23. The SMILES string of the molecule is CN1C[C@H](F)C[C@H]1COc1ncc2c3c(c(-c4ncc(F)c5sc(N)c(C#N)c45)c(F)c2n1)COC3. The standard InChI is InChI=1S/C24H19F3N6O2S/c1-33-6-10(25)2-11(33)7-35-24-31-4-13-14-8-34-9-15(14)17(19(27)20(13)32-24)21-18-12(3-28)23(29)36-22(18)16(26)5-30-21/h4-5,10-11H,2,6-9,29H2,1H3/t10-,11+/m1/s1. The molecule has 0 unspecified atom stereocenters. The number of nitriles is 1. The van der Waals surface area contributed by atoms with E-state index < -0.39 is 17.8 Å². The molecule has 4 aromatic rings. The molecule has 5 heterocycles. The highest BCUT2D eigenvalue weighted by atomic mass is 32.1. The summed E-state index contributed by atoms with van der Waals surface area (Å²) < 4.78 is 55.9. The lowest BCUT2D eigenvalue weighted by atomic mass is 9.94. The number of benzene rings is 1. The van der Waals surface area contributed by atoms with Crippen molar-refractivity contribution in [2.24, 2.45) is 0 Å². The molecule has 6 rings (SSSR count). The number of ether oxygens (including phenoxy) is 2. The van der Waals surface area contributed by atoms with Gasteiger partial charge in [-0.05, 0) is 24.6 Å². The van der Waals surface area contributed by atoms with Gasteiger partial charge in [-0.15, -0.1) is 11.3 Å². The highest BCUT2D eigenvalue weighted by Gasteiger charge is 2.31. The summed E-state index contributed by atoms with van der Waals surface area (Å²) in [5.41, 5.74) is 7.39. The Bertz CT molecular complexity index is 1590. The molecule has 2 aliphatic heterocycles. The molecule has 1 saturated heterocycles. The molecule has 1 aromatic carbocycles. The van der Waals surface area contributed by atoms with Crippen LogP contribution in [0.1, 0.15) is 23.1 Å². The highest BCUT2D eigenvalue weighted by Crippen LogP contribution is 2.45. The zero-order valence-electron chi connectivity index (χ0n) is 19.0. The lowest BCUT2D eigenvalue weighted by Crippen LogP contribution is -2.30. The number of hydrogen-bond donors (Lipinski definition) is 1. The van der Waals surface area contributed by atoms with E-state index >= 15 is 4.39 Å². The van der Waals surface area contributed by atoms with E-state index in [-0.39, 0.29) is 69.3 Å². The van der Waals surface area contributed by atoms with Gasteiger partial charge in [0, 0.05) is 35.1 Å². The second-order valence-corrected chi connectivity index (χ2v) is 9.96. The number of alkyl halides is 1. The van der Waals surface area contributed by atoms with Crippen LogP contribution in [0.3, 0.4) is 0 Å². The third-order valence-corrected chi connectivity index (χ3v) is 7.79. The normalized spacial score (nSPS) is 19.8. The van der Waals surface area contributed by atoms with Gasteiger partial charge in [-0.3, -0.25) is 9.88 Å². The average molecular weight is 513 g/mol. The number of anilines is 1. The summed E-state index contributed by atoms with van der Waals surface area (Å²) in [4.78, 5) is 14.6. The molecule has 1 fully saturated rings. The number of nitrogens with zero attached hydrogens (tertiary/aromatic N) is 5. The molecule has 3 aromatic heterocycles. The summed E-state index contributed by atoms with van der Waals surface area (Å²) in [5, 5.41) is 10.4. The summed E-state index contributed by atoms with van der Waals surface area (Å²) >= 11 is 0.913. The number of aromatic nitrogens is 3. The van der Waals surface area contributed by atoms with Crippen LogP contribution in [0.15, 0.2) is 12.4 Å². The first-order chi connectivity index (χ1) is 17.4. The topological polar surface area (TPSA) is 110 Å². The number of nitrogens with two attached hydrogens (primary N) is 1. The molecule has 12 heteroatoms. The zero-order chi connectivity index (χ0) is 25.1. The molecule has 36 heavy (non-hydrogen) atoms. The summed E-state index contributed by atoms with van der Waals surface area (Å²) in [7, 11) is 1.81. The molecule has 2 aliphatic rings. The van der Waals surface area contributed by atoms with Gasteiger partial charge in [-0.2, -0.15) is 10.2 Å². The Labute approximate surface area is 207 Å². The number of nitrogen functional groups attached to an aromatic ring is 1. The smallest absolute Gasteiger partial charge is 0.317 e. The van der Waals surface area contributed by atoms with Gasteiger partial charge in [0.25, 0.3) is 0 Å². The summed E-state index contributed by atoms with van der Waals surface area (Å²) in [6.45, 7) is 0.795. The largest absolute Gasteiger partial charge is 0.462 e. The lowest BCUT2D eigenvalue weighted by molar-refractivity contribution is 0.135. The number of fused-ring (bicyclic) bond motifs is 4. The first-order valence-electron chi connectivity index (χ1n) is 11.2. The molecule has 0 amide bonds. The maximum atomic E-state index is 16.2. The van der Waals surface area contributed by atoms with Crippen LogP contribution < -0.4 is 10.5 Å². The first kappa shape index (κ1) is 22.9. The van der Waals surface area contributed by atoms with Crippen molar-refractivity contribution in [2.45, 2.75) is 31.8 Å². The van der Waals surface area contributed by atoms with Gasteiger partial charge in [0.2, 0.25) is 0 Å². The van der Waals surface area contributed by atoms with Crippen LogP contribution in [0.25, 0.3) is 32.2 Å². The first-order valence-corrected chi connectivity index (χ1v) is 12.0. The maximum Gasteiger partial charge on any atom is 0.317 e. The minimum Gasteiger partial charge on any atom is -0.462 e. The van der Waals surface area contributed by atoms with Gasteiger partial charge in [-0.25, -0.2) is 18.2 Å². The third kappa shape index (κ3) is 3.46. The van der Waals surface area contributed by atoms with E-state index in [2.05, 4.69) is 15.0 Å². The molecule has 8 nitrogen and oxygen atoms in total. The predicted octanol–water partition coefficient (Wildman–Crippen LogP) is 4.09. The molecule has 0 aliphatic carbocycles. The van der Waals surface area contributed by atoms with E-state index in [1.807, 2.05) is 18.0 Å². The number of halogens is 3. The van der Waals surface area contributed by atoms with Crippen molar-refractivity contribution in [2.75, 3.05) is 25.9 Å². The number of hydrogen-bond acceptors (Lipinski definition) is 9. The van der Waals surface area contributed by atoms with Crippen LogP contribution >= 0.6 is 11.3 Å². The Morgan fingerprint density at radius 2 is 2.08 bits per heavy atom. The fourth-order valence-electron chi connectivity index (χ4n) is 4.98. The number of likely N-dealkylation sites (tertiary alicyclic amines) is 1. The molecule has 0 saturated carbocycles. The Balaban J connectivity index is 1.51. The van der Waals surface area contributed by atoms with Gasteiger partial charge >= 0.3 is 6.01 Å². The fraction of sp³-hybridized carbons (Fsp3) is 0.333. The van der Waals surface area contributed by atoms with E-state index in [0.29, 0.717) is 29.5 Å². The van der Waals surface area contributed by atoms with Crippen LogP contribution in [-0.4, -0.2) is 52.3 Å². The van der Waals surface area contributed by atoms with E-state index in [1.54, 1.807) is 0 Å². The van der Waals surface area contributed by atoms with Crippen LogP contribution in [0.2, 0.25) is 0 Å². The van der Waals surface area contributed by atoms with Crippen molar-refractivity contribution < 1.29 is 22.6 Å².